The molecule has 0 aromatic heterocycles. The van der Waals surface area contributed by atoms with Gasteiger partial charge < -0.3 is 5.11 Å². The molecule has 1 N–H and O–H groups in total. The number of likely N-dealkylation sites (tertiary alicyclic amines) is 1. The highest BCUT2D eigenvalue weighted by atomic mass is 16.4. The van der Waals surface area contributed by atoms with Crippen LogP contribution in [0.1, 0.15) is 52.9 Å². The van der Waals surface area contributed by atoms with Gasteiger partial charge in [0.05, 0.1) is 0 Å². The SMILES string of the molecule is CC(C)(C)CN1CCCCC1CCC(=O)O. The van der Waals surface area contributed by atoms with Crippen molar-refractivity contribution in [2.75, 3.05) is 13.1 Å². The van der Waals surface area contributed by atoms with E-state index in [9.17, 15) is 4.79 Å². The van der Waals surface area contributed by atoms with Crippen molar-refractivity contribution in [1.29, 1.82) is 0 Å². The van der Waals surface area contributed by atoms with Gasteiger partial charge in [0.1, 0.15) is 0 Å². The van der Waals surface area contributed by atoms with Crippen molar-refractivity contribution in [3.63, 3.8) is 0 Å². The van der Waals surface area contributed by atoms with E-state index in [2.05, 4.69) is 25.7 Å². The van der Waals surface area contributed by atoms with Crippen molar-refractivity contribution in [1.82, 2.24) is 4.90 Å². The van der Waals surface area contributed by atoms with E-state index in [4.69, 9.17) is 5.11 Å². The molecule has 0 bridgehead atoms. The number of carboxylic acids is 1. The van der Waals surface area contributed by atoms with E-state index in [0.29, 0.717) is 17.9 Å². The molecule has 1 rings (SSSR count). The third-order valence-electron chi connectivity index (χ3n) is 3.12. The molecule has 1 fully saturated rings. The summed E-state index contributed by atoms with van der Waals surface area (Å²) in [4.78, 5) is 13.1. The van der Waals surface area contributed by atoms with E-state index in [-0.39, 0.29) is 0 Å². The molecule has 3 heteroatoms. The zero-order valence-electron chi connectivity index (χ0n) is 10.8. The smallest absolute Gasteiger partial charge is 0.303 e. The molecule has 0 amide bonds. The average Bonchev–Trinajstić information content (AvgIpc) is 2.14. The topological polar surface area (TPSA) is 40.5 Å². The molecule has 3 nitrogen and oxygen atoms in total. The van der Waals surface area contributed by atoms with Crippen LogP contribution in [0.15, 0.2) is 0 Å². The van der Waals surface area contributed by atoms with Gasteiger partial charge in [0.25, 0.3) is 0 Å². The molecule has 1 aliphatic rings. The van der Waals surface area contributed by atoms with Crippen molar-refractivity contribution >= 4 is 5.97 Å². The molecule has 0 aliphatic carbocycles. The third kappa shape index (κ3) is 4.97. The fourth-order valence-corrected chi connectivity index (χ4v) is 2.49. The van der Waals surface area contributed by atoms with E-state index in [1.165, 1.54) is 19.3 Å². The van der Waals surface area contributed by atoms with E-state index in [0.717, 1.165) is 19.5 Å². The summed E-state index contributed by atoms with van der Waals surface area (Å²) < 4.78 is 0. The second-order valence-electron chi connectivity index (χ2n) is 6.11. The van der Waals surface area contributed by atoms with Crippen molar-refractivity contribution in [3.05, 3.63) is 0 Å². The Morgan fingerprint density at radius 1 is 1.38 bits per heavy atom. The molecule has 1 unspecified atom stereocenters. The highest BCUT2D eigenvalue weighted by molar-refractivity contribution is 5.66. The van der Waals surface area contributed by atoms with Crippen LogP contribution in [0.2, 0.25) is 0 Å². The fourth-order valence-electron chi connectivity index (χ4n) is 2.49. The maximum absolute atomic E-state index is 10.6. The lowest BCUT2D eigenvalue weighted by molar-refractivity contribution is -0.137. The maximum Gasteiger partial charge on any atom is 0.303 e. The Kier molecular flexibility index (Phi) is 4.78. The molecular formula is C13H25NO2. The number of carboxylic acid groups (broad SMARTS) is 1. The Hall–Kier alpha value is -0.570. The standard InChI is InChI=1S/C13H25NO2/c1-13(2,3)10-14-9-5-4-6-11(14)7-8-12(15)16/h11H,4-10H2,1-3H3,(H,15,16). The lowest BCUT2D eigenvalue weighted by Crippen LogP contribution is -2.44. The summed E-state index contributed by atoms with van der Waals surface area (Å²) in [5.41, 5.74) is 0.304. The van der Waals surface area contributed by atoms with Gasteiger partial charge in [0.15, 0.2) is 0 Å². The second kappa shape index (κ2) is 5.67. The average molecular weight is 227 g/mol. The first-order chi connectivity index (χ1) is 7.38. The molecule has 0 spiro atoms. The summed E-state index contributed by atoms with van der Waals surface area (Å²) in [7, 11) is 0. The lowest BCUT2D eigenvalue weighted by atomic mass is 9.91. The third-order valence-corrected chi connectivity index (χ3v) is 3.12. The van der Waals surface area contributed by atoms with Crippen molar-refractivity contribution in [3.8, 4) is 0 Å². The van der Waals surface area contributed by atoms with Gasteiger partial charge in [0.2, 0.25) is 0 Å². The molecule has 1 atom stereocenters. The van der Waals surface area contributed by atoms with Crippen LogP contribution in [-0.2, 0) is 4.79 Å². The van der Waals surface area contributed by atoms with Crippen LogP contribution in [-0.4, -0.2) is 35.1 Å². The van der Waals surface area contributed by atoms with E-state index in [1.54, 1.807) is 0 Å². The predicted molar refractivity (Wildman–Crippen MR) is 65.5 cm³/mol. The van der Waals surface area contributed by atoms with Crippen LogP contribution in [0.4, 0.5) is 0 Å². The first-order valence-corrected chi connectivity index (χ1v) is 6.34. The van der Waals surface area contributed by atoms with Crippen LogP contribution in [0.3, 0.4) is 0 Å². The lowest BCUT2D eigenvalue weighted by Gasteiger charge is -2.39. The highest BCUT2D eigenvalue weighted by Crippen LogP contribution is 2.25. The van der Waals surface area contributed by atoms with Crippen LogP contribution < -0.4 is 0 Å². The Morgan fingerprint density at radius 3 is 2.62 bits per heavy atom. The van der Waals surface area contributed by atoms with E-state index < -0.39 is 5.97 Å². The van der Waals surface area contributed by atoms with Crippen LogP contribution in [0, 0.1) is 5.41 Å². The largest absolute Gasteiger partial charge is 0.481 e. The summed E-state index contributed by atoms with van der Waals surface area (Å²) >= 11 is 0. The van der Waals surface area contributed by atoms with Gasteiger partial charge in [-0.3, -0.25) is 9.69 Å². The Bertz CT molecular complexity index is 233. The van der Waals surface area contributed by atoms with E-state index >= 15 is 0 Å². The molecule has 94 valence electrons. The number of piperidine rings is 1. The van der Waals surface area contributed by atoms with Crippen molar-refractivity contribution in [2.45, 2.75) is 58.9 Å². The summed E-state index contributed by atoms with van der Waals surface area (Å²) in [6, 6.07) is 0.490. The first-order valence-electron chi connectivity index (χ1n) is 6.34. The minimum atomic E-state index is -0.665. The number of rotatable bonds is 4. The van der Waals surface area contributed by atoms with Gasteiger partial charge in [-0.15, -0.1) is 0 Å². The van der Waals surface area contributed by atoms with Crippen LogP contribution in [0.25, 0.3) is 0 Å². The van der Waals surface area contributed by atoms with Crippen LogP contribution in [0.5, 0.6) is 0 Å². The fraction of sp³-hybridized carbons (Fsp3) is 0.923. The van der Waals surface area contributed by atoms with Gasteiger partial charge in [0, 0.05) is 19.0 Å². The summed E-state index contributed by atoms with van der Waals surface area (Å²) in [5, 5.41) is 8.74. The highest BCUT2D eigenvalue weighted by Gasteiger charge is 2.26. The molecule has 16 heavy (non-hydrogen) atoms. The first kappa shape index (κ1) is 13.5. The molecule has 1 heterocycles. The normalized spacial score (nSPS) is 23.3. The van der Waals surface area contributed by atoms with Gasteiger partial charge in [-0.2, -0.15) is 0 Å². The molecule has 1 saturated heterocycles. The Labute approximate surface area is 98.8 Å². The van der Waals surface area contributed by atoms with Crippen molar-refractivity contribution < 1.29 is 9.90 Å². The molecule has 0 saturated carbocycles. The summed E-state index contributed by atoms with van der Waals surface area (Å²) in [6.07, 6.45) is 4.81. The number of hydrogen-bond acceptors (Lipinski definition) is 2. The second-order valence-corrected chi connectivity index (χ2v) is 6.11. The minimum Gasteiger partial charge on any atom is -0.481 e. The van der Waals surface area contributed by atoms with Gasteiger partial charge in [-0.25, -0.2) is 0 Å². The van der Waals surface area contributed by atoms with Crippen LogP contribution >= 0.6 is 0 Å². The molecule has 0 aromatic rings. The number of nitrogens with zero attached hydrogens (tertiary/aromatic N) is 1. The number of aliphatic carboxylic acids is 1. The molecular weight excluding hydrogens is 202 g/mol. The zero-order valence-corrected chi connectivity index (χ0v) is 10.8. The summed E-state index contributed by atoms with van der Waals surface area (Å²) in [6.45, 7) is 8.96. The monoisotopic (exact) mass is 227 g/mol. The van der Waals surface area contributed by atoms with Gasteiger partial charge >= 0.3 is 5.97 Å². The minimum absolute atomic E-state index is 0.304. The van der Waals surface area contributed by atoms with E-state index in [1.807, 2.05) is 0 Å². The van der Waals surface area contributed by atoms with Crippen molar-refractivity contribution in [2.24, 2.45) is 5.41 Å². The quantitative estimate of drug-likeness (QED) is 0.803. The number of hydrogen-bond donors (Lipinski definition) is 1. The maximum atomic E-state index is 10.6. The summed E-state index contributed by atoms with van der Waals surface area (Å²) in [5.74, 6) is -0.665. The molecule has 0 radical (unpaired) electrons. The Morgan fingerprint density at radius 2 is 2.06 bits per heavy atom. The van der Waals surface area contributed by atoms with Gasteiger partial charge in [-0.05, 0) is 31.2 Å². The Balaban J connectivity index is 2.47. The predicted octanol–water partition coefficient (Wildman–Crippen LogP) is 2.75. The van der Waals surface area contributed by atoms with Gasteiger partial charge in [-0.1, -0.05) is 27.2 Å². The zero-order chi connectivity index (χ0) is 12.2. The molecule has 1 aliphatic heterocycles. The molecule has 0 aromatic carbocycles. The number of carbonyl (C=O) groups is 1.